The van der Waals surface area contributed by atoms with Gasteiger partial charge in [-0.1, -0.05) is 143 Å². The number of rotatable bonds is 6. The van der Waals surface area contributed by atoms with Crippen LogP contribution < -0.4 is 10.4 Å². The molecule has 0 fully saturated rings. The molecule has 2 heteroatoms. The fourth-order valence-electron chi connectivity index (χ4n) is 8.14. The van der Waals surface area contributed by atoms with Crippen molar-refractivity contribution in [3.8, 4) is 44.6 Å². The van der Waals surface area contributed by atoms with E-state index in [9.17, 15) is 0 Å². The van der Waals surface area contributed by atoms with E-state index in [1.54, 1.807) is 0 Å². The Labute approximate surface area is 271 Å². The third kappa shape index (κ3) is 4.98. The van der Waals surface area contributed by atoms with Crippen molar-refractivity contribution in [3.63, 3.8) is 0 Å². The van der Waals surface area contributed by atoms with Crippen LogP contribution in [0.25, 0.3) is 33.4 Å². The van der Waals surface area contributed by atoms with Crippen molar-refractivity contribution < 1.29 is 0 Å². The molecule has 0 unspecified atom stereocenters. The van der Waals surface area contributed by atoms with Gasteiger partial charge in [0.25, 0.3) is 0 Å². The molecule has 0 bridgehead atoms. The molecule has 44 heavy (non-hydrogen) atoms. The lowest BCUT2D eigenvalue weighted by Crippen LogP contribution is -2.27. The zero-order valence-electron chi connectivity index (χ0n) is 29.1. The third-order valence-electron chi connectivity index (χ3n) is 10.1. The minimum absolute atomic E-state index is 0.547. The van der Waals surface area contributed by atoms with Gasteiger partial charge in [-0.25, -0.2) is 0 Å². The maximum absolute atomic E-state index is 3.99. The molecule has 0 aromatic heterocycles. The molecule has 2 aliphatic rings. The van der Waals surface area contributed by atoms with Crippen LogP contribution in [0.5, 0.6) is 0 Å². The largest absolute Gasteiger partial charge is 0.170 e. The normalized spacial score (nSPS) is 14.5. The molecule has 0 atom stereocenters. The lowest BCUT2D eigenvalue weighted by molar-refractivity contribution is 0.959. The monoisotopic (exact) mass is 620 g/mol. The van der Waals surface area contributed by atoms with E-state index in [-0.39, 0.29) is 0 Å². The molecule has 2 aliphatic carbocycles. The Kier molecular flexibility index (Phi) is 9.04. The van der Waals surface area contributed by atoms with Crippen molar-refractivity contribution in [3.05, 3.63) is 82.2 Å². The molecule has 232 valence electrons. The molecule has 0 radical (unpaired) electrons. The third-order valence-corrected chi connectivity index (χ3v) is 20.3. The maximum atomic E-state index is 3.99. The van der Waals surface area contributed by atoms with Crippen molar-refractivity contribution in [2.24, 2.45) is 0 Å². The van der Waals surface area contributed by atoms with Crippen LogP contribution in [0.3, 0.4) is 0 Å². The van der Waals surface area contributed by atoms with Crippen molar-refractivity contribution in [2.75, 3.05) is 0 Å². The second-order valence-corrected chi connectivity index (χ2v) is 23.2. The van der Waals surface area contributed by atoms with Gasteiger partial charge in [0.1, 0.15) is 0 Å². The average Bonchev–Trinajstić information content (AvgIpc) is 3.43. The van der Waals surface area contributed by atoms with Gasteiger partial charge in [-0.3, -0.25) is 0 Å². The van der Waals surface area contributed by atoms with Crippen LogP contribution in [-0.4, -0.2) is 31.5 Å². The first kappa shape index (κ1) is 32.6. The maximum Gasteiger partial charge on any atom is 0.0411 e. The van der Waals surface area contributed by atoms with Crippen LogP contribution in [0.2, 0.25) is 0 Å². The number of fused-ring (bicyclic) bond motifs is 6. The minimum atomic E-state index is -1.15. The molecule has 0 amide bonds. The van der Waals surface area contributed by atoms with Crippen LogP contribution in [-0.2, 0) is 0 Å². The summed E-state index contributed by atoms with van der Waals surface area (Å²) in [6, 6.07) is 22.6. The van der Waals surface area contributed by atoms with Gasteiger partial charge in [0.15, 0.2) is 0 Å². The first-order chi connectivity index (χ1) is 20.8. The summed E-state index contributed by atoms with van der Waals surface area (Å²) in [5, 5.41) is 13.8. The van der Waals surface area contributed by atoms with Crippen LogP contribution in [0.15, 0.2) is 60.7 Å². The highest BCUT2D eigenvalue weighted by Crippen LogP contribution is 2.60. The standard InChI is InChI=1S/C42H52S2/c1-27(2)43(28(3)4,29(5)6)23-21-37-33-17-13-15-19-35(33)39-26-42-38(22-24-44(30(7)8,31(9)10)32(11)12)34-18-14-16-20-36(34)40(42)25-41(37)39/h13-20,25-32H,1-12H3. The Morgan fingerprint density at radius 1 is 0.386 bits per heavy atom. The van der Waals surface area contributed by atoms with Crippen molar-refractivity contribution in [1.29, 1.82) is 0 Å². The van der Waals surface area contributed by atoms with Crippen LogP contribution in [0.4, 0.5) is 0 Å². The van der Waals surface area contributed by atoms with Crippen LogP contribution >= 0.6 is 20.1 Å². The van der Waals surface area contributed by atoms with Gasteiger partial charge in [0, 0.05) is 11.1 Å². The summed E-state index contributed by atoms with van der Waals surface area (Å²) < 4.78 is 0. The smallest absolute Gasteiger partial charge is 0.0411 e. The van der Waals surface area contributed by atoms with Gasteiger partial charge in [-0.05, 0) is 98.0 Å². The fourth-order valence-corrected chi connectivity index (χ4v) is 16.6. The Morgan fingerprint density at radius 3 is 0.932 bits per heavy atom. The zero-order chi connectivity index (χ0) is 32.1. The van der Waals surface area contributed by atoms with Gasteiger partial charge in [-0.15, -0.1) is 0 Å². The number of benzene rings is 3. The Hall–Kier alpha value is -2.78. The topological polar surface area (TPSA) is 0 Å². The van der Waals surface area contributed by atoms with E-state index in [0.717, 1.165) is 0 Å². The molecule has 0 nitrogen and oxygen atoms in total. The van der Waals surface area contributed by atoms with Gasteiger partial charge < -0.3 is 0 Å². The van der Waals surface area contributed by atoms with Crippen molar-refractivity contribution in [1.82, 2.24) is 0 Å². The molecule has 0 heterocycles. The first-order valence-corrected chi connectivity index (χ1v) is 20.2. The minimum Gasteiger partial charge on any atom is -0.170 e. The zero-order valence-corrected chi connectivity index (χ0v) is 30.7. The van der Waals surface area contributed by atoms with E-state index in [1.165, 1.54) is 55.0 Å². The quantitative estimate of drug-likeness (QED) is 0.241. The molecule has 0 spiro atoms. The highest BCUT2D eigenvalue weighted by Gasteiger charge is 2.35. The van der Waals surface area contributed by atoms with Gasteiger partial charge in [0.2, 0.25) is 0 Å². The molecule has 0 saturated heterocycles. The van der Waals surface area contributed by atoms with E-state index in [0.29, 0.717) is 31.5 Å². The molecule has 3 aromatic carbocycles. The molecule has 5 rings (SSSR count). The summed E-state index contributed by atoms with van der Waals surface area (Å²) in [5.41, 5.74) is 10.1. The molecule has 0 N–H and O–H groups in total. The van der Waals surface area contributed by atoms with Gasteiger partial charge >= 0.3 is 0 Å². The summed E-state index contributed by atoms with van der Waals surface area (Å²) in [4.78, 5) is 0. The summed E-state index contributed by atoms with van der Waals surface area (Å²) in [5.74, 6) is 7.72. The second-order valence-electron chi connectivity index (χ2n) is 14.1. The Balaban J connectivity index is 1.85. The van der Waals surface area contributed by atoms with Gasteiger partial charge in [-0.2, -0.15) is 20.1 Å². The lowest BCUT2D eigenvalue weighted by atomic mass is 10.0. The van der Waals surface area contributed by atoms with Crippen LogP contribution in [0.1, 0.15) is 94.2 Å². The highest BCUT2D eigenvalue weighted by atomic mass is 32.3. The van der Waals surface area contributed by atoms with Gasteiger partial charge in [0.05, 0.1) is 0 Å². The molecule has 3 aromatic rings. The van der Waals surface area contributed by atoms with E-state index in [4.69, 9.17) is 0 Å². The summed E-state index contributed by atoms with van der Waals surface area (Å²) in [6.07, 6.45) is 0. The molecular formula is C42H52S2. The Bertz CT molecular complexity index is 1660. The summed E-state index contributed by atoms with van der Waals surface area (Å²) >= 11 is 0. The second kappa shape index (κ2) is 12.2. The van der Waals surface area contributed by atoms with E-state index in [2.05, 4.69) is 166 Å². The van der Waals surface area contributed by atoms with E-state index in [1.807, 2.05) is 0 Å². The SMILES string of the molecule is CC(C)S(C#CC1=c2cc3c(cc2-c2ccccc21)=C(C#CS(C(C)C)(C(C)C)C(C)C)c1ccccc1-3)(C(C)C)C(C)C. The average molecular weight is 621 g/mol. The summed E-state index contributed by atoms with van der Waals surface area (Å²) in [6.45, 7) is 28.5. The lowest BCUT2D eigenvalue weighted by Gasteiger charge is -2.46. The van der Waals surface area contributed by atoms with E-state index < -0.39 is 20.1 Å². The molecule has 0 saturated carbocycles. The Morgan fingerprint density at radius 2 is 0.659 bits per heavy atom. The highest BCUT2D eigenvalue weighted by molar-refractivity contribution is 8.39. The summed E-state index contributed by atoms with van der Waals surface area (Å²) in [7, 11) is -2.31. The van der Waals surface area contributed by atoms with Crippen molar-refractivity contribution in [2.45, 2.75) is 115 Å². The fraction of sp³-hybridized carbons (Fsp3) is 0.429. The predicted octanol–water partition coefficient (Wildman–Crippen LogP) is 10.0. The molecular weight excluding hydrogens is 569 g/mol. The van der Waals surface area contributed by atoms with E-state index >= 15 is 0 Å². The van der Waals surface area contributed by atoms with Crippen molar-refractivity contribution >= 4 is 31.2 Å². The number of hydrogen-bond donors (Lipinski definition) is 0. The predicted molar refractivity (Wildman–Crippen MR) is 203 cm³/mol. The van der Waals surface area contributed by atoms with Crippen LogP contribution in [0, 0.1) is 22.3 Å². The first-order valence-electron chi connectivity index (χ1n) is 16.6. The number of hydrogen-bond acceptors (Lipinski definition) is 0. The molecule has 0 aliphatic heterocycles.